The molecule has 4 aromatic carbocycles. The third kappa shape index (κ3) is 6.87. The van der Waals surface area contributed by atoms with Crippen molar-refractivity contribution < 1.29 is 111 Å². The average molecular weight is 502 g/mol. The first-order valence-electron chi connectivity index (χ1n) is 10.1. The fourth-order valence-corrected chi connectivity index (χ4v) is 4.61. The Morgan fingerprint density at radius 2 is 1.53 bits per heavy atom. The third-order valence-corrected chi connectivity index (χ3v) is 6.35. The SMILES string of the molecule is C=C(C)C(=O)OCCCCCc1c[c-]c2ccc3[c-]cc(S(=O)(=O)[O-])c4ccc1c2c34.[Na+].[Na+].[Na+]. The molecule has 0 saturated heterocycles. The molecule has 0 fully saturated rings. The number of hydrogen-bond donors (Lipinski definition) is 0. The number of benzene rings is 4. The van der Waals surface area contributed by atoms with Crippen molar-refractivity contribution in [2.24, 2.45) is 0 Å². The summed E-state index contributed by atoms with van der Waals surface area (Å²) >= 11 is 0. The van der Waals surface area contributed by atoms with Gasteiger partial charge in [-0.3, -0.25) is 0 Å². The van der Waals surface area contributed by atoms with Crippen LogP contribution in [0.15, 0.2) is 53.4 Å². The number of rotatable bonds is 8. The molecule has 0 heterocycles. The Morgan fingerprint density at radius 1 is 0.941 bits per heavy atom. The summed E-state index contributed by atoms with van der Waals surface area (Å²) in [6, 6.07) is 16.9. The van der Waals surface area contributed by atoms with Crippen LogP contribution >= 0.6 is 0 Å². The number of carbonyl (C=O) groups is 1. The summed E-state index contributed by atoms with van der Waals surface area (Å²) in [7, 11) is -4.61. The molecule has 0 bridgehead atoms. The first kappa shape index (κ1) is 32.1. The van der Waals surface area contributed by atoms with Gasteiger partial charge in [0, 0.05) is 5.57 Å². The van der Waals surface area contributed by atoms with Crippen molar-refractivity contribution in [2.75, 3.05) is 6.61 Å². The molecule has 0 unspecified atom stereocenters. The van der Waals surface area contributed by atoms with Crippen molar-refractivity contribution in [1.82, 2.24) is 0 Å². The van der Waals surface area contributed by atoms with Gasteiger partial charge in [0.05, 0.1) is 16.7 Å². The zero-order chi connectivity index (χ0) is 22.2. The average Bonchev–Trinajstić information content (AvgIpc) is 2.73. The van der Waals surface area contributed by atoms with Gasteiger partial charge < -0.3 is 9.29 Å². The van der Waals surface area contributed by atoms with Gasteiger partial charge in [0.15, 0.2) is 0 Å². The summed E-state index contributed by atoms with van der Waals surface area (Å²) in [5, 5.41) is 4.73. The Bertz CT molecular complexity index is 1420. The van der Waals surface area contributed by atoms with E-state index in [0.717, 1.165) is 58.2 Å². The number of carbonyl (C=O) groups excluding carboxylic acids is 1. The minimum Gasteiger partial charge on any atom is -0.752 e. The van der Waals surface area contributed by atoms with Crippen LogP contribution in [-0.2, 0) is 26.1 Å². The molecule has 0 aliphatic carbocycles. The van der Waals surface area contributed by atoms with Crippen LogP contribution in [-0.4, -0.2) is 25.5 Å². The van der Waals surface area contributed by atoms with Gasteiger partial charge in [-0.1, -0.05) is 43.4 Å². The second-order valence-electron chi connectivity index (χ2n) is 7.72. The molecular formula is C25H21Na3O5S. The molecule has 9 heteroatoms. The number of ether oxygens (including phenoxy) is 1. The Kier molecular flexibility index (Phi) is 12.8. The summed E-state index contributed by atoms with van der Waals surface area (Å²) in [6.07, 6.45) is 3.40. The van der Waals surface area contributed by atoms with Crippen molar-refractivity contribution >= 4 is 48.4 Å². The van der Waals surface area contributed by atoms with Crippen LogP contribution in [0.3, 0.4) is 0 Å². The Morgan fingerprint density at radius 3 is 2.15 bits per heavy atom. The molecule has 4 aromatic rings. The van der Waals surface area contributed by atoms with E-state index < -0.39 is 10.1 Å². The summed E-state index contributed by atoms with van der Waals surface area (Å²) in [4.78, 5) is 11.2. The van der Waals surface area contributed by atoms with Crippen LogP contribution in [0.2, 0.25) is 0 Å². The monoisotopic (exact) mass is 502 g/mol. The molecule has 0 spiro atoms. The molecule has 0 aliphatic heterocycles. The zero-order valence-corrected chi connectivity index (χ0v) is 27.0. The Hall–Kier alpha value is 0.0400. The number of aryl methyl sites for hydroxylation is 1. The summed E-state index contributed by atoms with van der Waals surface area (Å²) < 4.78 is 40.3. The number of hydrogen-bond acceptors (Lipinski definition) is 5. The Balaban J connectivity index is 0.00000193. The number of esters is 1. The molecule has 5 nitrogen and oxygen atoms in total. The summed E-state index contributed by atoms with van der Waals surface area (Å²) in [5.41, 5.74) is 1.51. The molecule has 0 aliphatic rings. The molecule has 0 atom stereocenters. The van der Waals surface area contributed by atoms with E-state index in [1.807, 2.05) is 24.3 Å². The maximum absolute atomic E-state index is 11.7. The van der Waals surface area contributed by atoms with Crippen LogP contribution in [0.25, 0.3) is 32.3 Å². The largest absolute Gasteiger partial charge is 1.00 e. The standard InChI is InChI=1S/C25H22O5S.3Na/c1-16(2)25(26)30-15-5-3-4-6-17-7-8-18-9-10-19-11-14-22(31(27,28)29)21-13-12-20(17)23(18)24(19)21;;;/h7,9-10,12-14H,1,3-6,15H2,2H3,(H,27,28,29);;;/q-2;3*+1/p-1. The topological polar surface area (TPSA) is 83.5 Å². The van der Waals surface area contributed by atoms with Gasteiger partial charge in [-0.05, 0) is 18.2 Å². The van der Waals surface area contributed by atoms with E-state index in [9.17, 15) is 17.8 Å². The van der Waals surface area contributed by atoms with Crippen molar-refractivity contribution in [2.45, 2.75) is 37.5 Å². The van der Waals surface area contributed by atoms with E-state index in [-0.39, 0.29) is 99.5 Å². The van der Waals surface area contributed by atoms with Gasteiger partial charge in [-0.15, -0.1) is 46.0 Å². The third-order valence-electron chi connectivity index (χ3n) is 5.47. The van der Waals surface area contributed by atoms with E-state index in [4.69, 9.17) is 4.74 Å². The van der Waals surface area contributed by atoms with Crippen LogP contribution in [0.5, 0.6) is 0 Å². The van der Waals surface area contributed by atoms with Crippen molar-refractivity contribution in [3.63, 3.8) is 0 Å². The Labute approximate surface area is 266 Å². The molecular weight excluding hydrogens is 481 g/mol. The van der Waals surface area contributed by atoms with E-state index in [0.29, 0.717) is 17.6 Å². The quantitative estimate of drug-likeness (QED) is 0.0466. The molecule has 0 radical (unpaired) electrons. The van der Waals surface area contributed by atoms with Crippen molar-refractivity contribution in [1.29, 1.82) is 0 Å². The van der Waals surface area contributed by atoms with Crippen LogP contribution in [0, 0.1) is 12.1 Å². The van der Waals surface area contributed by atoms with Crippen molar-refractivity contribution in [3.05, 3.63) is 66.2 Å². The summed E-state index contributed by atoms with van der Waals surface area (Å²) in [5.74, 6) is -0.363. The second-order valence-corrected chi connectivity index (χ2v) is 9.07. The minimum absolute atomic E-state index is 0. The van der Waals surface area contributed by atoms with Crippen molar-refractivity contribution in [3.8, 4) is 0 Å². The second kappa shape index (κ2) is 13.5. The van der Waals surface area contributed by atoms with E-state index >= 15 is 0 Å². The van der Waals surface area contributed by atoms with E-state index in [1.54, 1.807) is 13.0 Å². The predicted molar refractivity (Wildman–Crippen MR) is 119 cm³/mol. The molecule has 0 N–H and O–H groups in total. The molecule has 4 rings (SSSR count). The van der Waals surface area contributed by atoms with Gasteiger partial charge in [-0.2, -0.15) is 22.9 Å². The van der Waals surface area contributed by atoms with Gasteiger partial charge in [0.2, 0.25) is 0 Å². The fraction of sp³-hybridized carbons (Fsp3) is 0.240. The molecule has 0 amide bonds. The predicted octanol–water partition coefficient (Wildman–Crippen LogP) is -4.07. The molecule has 160 valence electrons. The smallest absolute Gasteiger partial charge is 0.752 e. The van der Waals surface area contributed by atoms with Gasteiger partial charge >= 0.3 is 94.6 Å². The van der Waals surface area contributed by atoms with E-state index in [2.05, 4.69) is 18.7 Å². The number of unbranched alkanes of at least 4 members (excludes halogenated alkanes) is 2. The minimum atomic E-state index is -4.61. The van der Waals surface area contributed by atoms with E-state index in [1.165, 1.54) is 6.07 Å². The fourth-order valence-electron chi connectivity index (χ4n) is 3.97. The zero-order valence-electron chi connectivity index (χ0n) is 20.2. The maximum atomic E-state index is 11.7. The van der Waals surface area contributed by atoms with Gasteiger partial charge in [0.1, 0.15) is 0 Å². The van der Waals surface area contributed by atoms with Gasteiger partial charge in [0.25, 0.3) is 0 Å². The molecule has 0 aromatic heterocycles. The van der Waals surface area contributed by atoms with Crippen LogP contribution < -0.4 is 88.7 Å². The van der Waals surface area contributed by atoms with Gasteiger partial charge in [-0.25, -0.2) is 13.2 Å². The first-order chi connectivity index (χ1) is 14.8. The van der Waals surface area contributed by atoms with Crippen LogP contribution in [0.1, 0.15) is 31.7 Å². The maximum Gasteiger partial charge on any atom is 1.00 e. The normalized spacial score (nSPS) is 11.0. The van der Waals surface area contributed by atoms with Crippen LogP contribution in [0.4, 0.5) is 0 Å². The molecule has 34 heavy (non-hydrogen) atoms. The molecule has 0 saturated carbocycles. The first-order valence-corrected chi connectivity index (χ1v) is 11.5. The summed E-state index contributed by atoms with van der Waals surface area (Å²) in [6.45, 7) is 5.56.